The molecule has 0 spiro atoms. The van der Waals surface area contributed by atoms with Gasteiger partial charge in [-0.1, -0.05) is 91.0 Å². The molecule has 1 aliphatic rings. The lowest BCUT2D eigenvalue weighted by Gasteiger charge is -2.40. The van der Waals surface area contributed by atoms with Gasteiger partial charge in [0.1, 0.15) is 11.1 Å². The van der Waals surface area contributed by atoms with E-state index in [0.717, 1.165) is 22.4 Å². The zero-order valence-corrected chi connectivity index (χ0v) is 17.8. The Morgan fingerprint density at radius 2 is 1.34 bits per heavy atom. The van der Waals surface area contributed by atoms with Gasteiger partial charge < -0.3 is 20.1 Å². The Balaban J connectivity index is 1.66. The van der Waals surface area contributed by atoms with Gasteiger partial charge in [-0.05, 0) is 16.7 Å². The third-order valence-corrected chi connectivity index (χ3v) is 6.42. The molecule has 1 fully saturated rings. The highest BCUT2D eigenvalue weighted by atomic mass is 16.5. The van der Waals surface area contributed by atoms with Crippen molar-refractivity contribution in [3.05, 3.63) is 126 Å². The molecule has 0 aliphatic carbocycles. The third kappa shape index (κ3) is 3.45. The molecule has 1 aromatic heterocycles. The van der Waals surface area contributed by atoms with Gasteiger partial charge in [0.15, 0.2) is 0 Å². The molecule has 5 heteroatoms. The summed E-state index contributed by atoms with van der Waals surface area (Å²) in [6, 6.07) is 31.0. The van der Waals surface area contributed by atoms with Gasteiger partial charge in [0.25, 0.3) is 0 Å². The molecule has 0 radical (unpaired) electrons. The fourth-order valence-electron chi connectivity index (χ4n) is 4.58. The Hall–Kier alpha value is -3.25. The van der Waals surface area contributed by atoms with E-state index >= 15 is 0 Å². The molecule has 3 aromatic carbocycles. The van der Waals surface area contributed by atoms with Crippen molar-refractivity contribution in [1.82, 2.24) is 9.55 Å². The van der Waals surface area contributed by atoms with Gasteiger partial charge in [-0.3, -0.25) is 0 Å². The minimum atomic E-state index is -0.973. The number of ether oxygens (including phenoxy) is 1. The monoisotopic (exact) mass is 425 g/mol. The van der Waals surface area contributed by atoms with E-state index in [1.165, 1.54) is 0 Å². The van der Waals surface area contributed by atoms with Crippen LogP contribution in [-0.4, -0.2) is 39.5 Å². The predicted molar refractivity (Wildman–Crippen MR) is 124 cm³/mol. The van der Waals surface area contributed by atoms with E-state index < -0.39 is 17.2 Å². The first-order valence-corrected chi connectivity index (χ1v) is 10.9. The molecule has 0 amide bonds. The van der Waals surface area contributed by atoms with Crippen LogP contribution in [0.4, 0.5) is 0 Å². The summed E-state index contributed by atoms with van der Waals surface area (Å²) in [6.45, 7) is 0.549. The number of hydrogen-bond donors (Lipinski definition) is 2. The Morgan fingerprint density at radius 1 is 0.875 bits per heavy atom. The number of aromatic nitrogens is 2. The maximum atomic E-state index is 10.6. The van der Waals surface area contributed by atoms with Gasteiger partial charge in [0, 0.05) is 18.7 Å². The van der Waals surface area contributed by atoms with Gasteiger partial charge in [-0.15, -0.1) is 0 Å². The summed E-state index contributed by atoms with van der Waals surface area (Å²) in [5, 5.41) is 10.6. The average Bonchev–Trinajstić information content (AvgIpc) is 3.28. The van der Waals surface area contributed by atoms with Gasteiger partial charge in [-0.2, -0.15) is 0 Å². The first-order chi connectivity index (χ1) is 15.6. The zero-order valence-electron chi connectivity index (χ0n) is 17.8. The third-order valence-electron chi connectivity index (χ3n) is 6.42. The van der Waals surface area contributed by atoms with E-state index in [1.807, 2.05) is 24.5 Å². The summed E-state index contributed by atoms with van der Waals surface area (Å²) >= 11 is 0. The molecule has 5 rings (SSSR count). The fourth-order valence-corrected chi connectivity index (χ4v) is 4.58. The lowest BCUT2D eigenvalue weighted by atomic mass is 9.76. The molecular weight excluding hydrogens is 398 g/mol. The largest absolute Gasteiger partial charge is 0.383 e. The summed E-state index contributed by atoms with van der Waals surface area (Å²) in [5.74, 6) is 0. The topological polar surface area (TPSA) is 73.3 Å². The molecule has 0 unspecified atom stereocenters. The lowest BCUT2D eigenvalue weighted by Crippen LogP contribution is -2.62. The molecule has 2 heterocycles. The van der Waals surface area contributed by atoms with Crippen LogP contribution in [0.1, 0.15) is 22.4 Å². The second kappa shape index (κ2) is 8.36. The van der Waals surface area contributed by atoms with Crippen LogP contribution in [0.25, 0.3) is 0 Å². The Morgan fingerprint density at radius 3 is 1.75 bits per heavy atom. The summed E-state index contributed by atoms with van der Waals surface area (Å²) in [4.78, 5) is 4.70. The highest BCUT2D eigenvalue weighted by Gasteiger charge is 2.43. The van der Waals surface area contributed by atoms with E-state index in [9.17, 15) is 5.11 Å². The normalized spacial score (nSPS) is 16.3. The summed E-state index contributed by atoms with van der Waals surface area (Å²) in [7, 11) is 0. The van der Waals surface area contributed by atoms with E-state index in [0.29, 0.717) is 6.42 Å². The van der Waals surface area contributed by atoms with Crippen LogP contribution in [0.15, 0.2) is 104 Å². The zero-order chi connectivity index (χ0) is 22.0. The first-order valence-electron chi connectivity index (χ1n) is 10.9. The van der Waals surface area contributed by atoms with E-state index in [-0.39, 0.29) is 13.2 Å². The van der Waals surface area contributed by atoms with Gasteiger partial charge in [-0.25, -0.2) is 4.98 Å². The molecule has 32 heavy (non-hydrogen) atoms. The number of aliphatic hydroxyl groups is 1. The Bertz CT molecular complexity index is 1060. The van der Waals surface area contributed by atoms with Gasteiger partial charge >= 0.3 is 0 Å². The molecule has 162 valence electrons. The number of hydrogen-bond acceptors (Lipinski definition) is 4. The van der Waals surface area contributed by atoms with Crippen LogP contribution in [-0.2, 0) is 16.7 Å². The molecule has 5 nitrogen and oxygen atoms in total. The maximum Gasteiger partial charge on any atom is 0.126 e. The van der Waals surface area contributed by atoms with Crippen molar-refractivity contribution < 1.29 is 9.84 Å². The molecule has 3 N–H and O–H groups in total. The molecular formula is C27H27N3O2. The second-order valence-electron chi connectivity index (χ2n) is 8.49. The standard InChI is InChI=1S/C27H27N3O2/c28-25(26(31)18-32-19-26)16-24-17-30(20-29-24)27(21-10-4-1-5-11-21,22-12-6-2-7-13-22)23-14-8-3-9-15-23/h1-15,17,20,25,31H,16,18-19,28H2/t25-/m0/s1. The highest BCUT2D eigenvalue weighted by molar-refractivity contribution is 5.50. The van der Waals surface area contributed by atoms with E-state index in [4.69, 9.17) is 15.5 Å². The molecule has 4 aromatic rings. The first kappa shape index (κ1) is 20.6. The summed E-state index contributed by atoms with van der Waals surface area (Å²) in [5.41, 5.74) is 8.99. The van der Waals surface area contributed by atoms with Gasteiger partial charge in [0.05, 0.1) is 25.2 Å². The van der Waals surface area contributed by atoms with Crippen LogP contribution in [0.2, 0.25) is 0 Å². The predicted octanol–water partition coefficient (Wildman–Crippen LogP) is 3.35. The van der Waals surface area contributed by atoms with Crippen molar-refractivity contribution in [2.24, 2.45) is 5.73 Å². The number of rotatable bonds is 7. The SMILES string of the molecule is N[C@@H](Cc1cn(C(c2ccccc2)(c2ccccc2)c2ccccc2)cn1)C1(O)COC1. The molecule has 0 bridgehead atoms. The van der Waals surface area contributed by atoms with Crippen molar-refractivity contribution in [2.45, 2.75) is 23.6 Å². The number of benzene rings is 3. The minimum absolute atomic E-state index is 0.275. The average molecular weight is 426 g/mol. The molecule has 1 aliphatic heterocycles. The van der Waals surface area contributed by atoms with Crippen LogP contribution in [0.5, 0.6) is 0 Å². The van der Waals surface area contributed by atoms with Crippen molar-refractivity contribution >= 4 is 0 Å². The van der Waals surface area contributed by atoms with Crippen LogP contribution in [0.3, 0.4) is 0 Å². The van der Waals surface area contributed by atoms with Crippen molar-refractivity contribution in [2.75, 3.05) is 13.2 Å². The minimum Gasteiger partial charge on any atom is -0.383 e. The molecule has 0 saturated carbocycles. The Kier molecular flexibility index (Phi) is 5.39. The Labute approximate surface area is 188 Å². The number of imidazole rings is 1. The van der Waals surface area contributed by atoms with E-state index in [2.05, 4.69) is 83.6 Å². The number of nitrogens with two attached hydrogens (primary N) is 1. The van der Waals surface area contributed by atoms with E-state index in [1.54, 1.807) is 0 Å². The van der Waals surface area contributed by atoms with Crippen molar-refractivity contribution in [1.29, 1.82) is 0 Å². The summed E-state index contributed by atoms with van der Waals surface area (Å²) < 4.78 is 7.34. The van der Waals surface area contributed by atoms with Crippen LogP contribution < -0.4 is 5.73 Å². The quantitative estimate of drug-likeness (QED) is 0.446. The van der Waals surface area contributed by atoms with Crippen molar-refractivity contribution in [3.8, 4) is 0 Å². The summed E-state index contributed by atoms with van der Waals surface area (Å²) in [6.07, 6.45) is 4.40. The fraction of sp³-hybridized carbons (Fsp3) is 0.222. The maximum absolute atomic E-state index is 10.6. The molecule has 1 atom stereocenters. The molecule has 1 saturated heterocycles. The number of nitrogens with zero attached hydrogens (tertiary/aromatic N) is 2. The second-order valence-corrected chi connectivity index (χ2v) is 8.49. The highest BCUT2D eigenvalue weighted by Crippen LogP contribution is 2.40. The van der Waals surface area contributed by atoms with Crippen molar-refractivity contribution in [3.63, 3.8) is 0 Å². The van der Waals surface area contributed by atoms with Crippen LogP contribution >= 0.6 is 0 Å². The smallest absolute Gasteiger partial charge is 0.126 e. The lowest BCUT2D eigenvalue weighted by molar-refractivity contribution is -0.189. The van der Waals surface area contributed by atoms with Crippen LogP contribution in [0, 0.1) is 0 Å². The van der Waals surface area contributed by atoms with Gasteiger partial charge in [0.2, 0.25) is 0 Å².